The fourth-order valence-corrected chi connectivity index (χ4v) is 4.11. The molecule has 1 aromatic heterocycles. The van der Waals surface area contributed by atoms with Gasteiger partial charge in [-0.2, -0.15) is 0 Å². The summed E-state index contributed by atoms with van der Waals surface area (Å²) in [4.78, 5) is 44.9. The maximum atomic E-state index is 12.7. The molecule has 2 aliphatic heterocycles. The monoisotopic (exact) mass is 397 g/mol. The molecule has 1 unspecified atom stereocenters. The summed E-state index contributed by atoms with van der Waals surface area (Å²) in [5.74, 6) is -0.366. The van der Waals surface area contributed by atoms with Gasteiger partial charge >= 0.3 is 0 Å². The fraction of sp³-hybridized carbons (Fsp3) is 0.333. The average Bonchev–Trinajstić information content (AvgIpc) is 2.72. The number of Topliss-reactive ketones (excluding diaryl/α,β-unsaturated/α-hetero) is 1. The molecule has 2 aliphatic rings. The summed E-state index contributed by atoms with van der Waals surface area (Å²) < 4.78 is 0. The van der Waals surface area contributed by atoms with Crippen LogP contribution >= 0.6 is 11.6 Å². The Morgan fingerprint density at radius 1 is 1.21 bits per heavy atom. The van der Waals surface area contributed by atoms with Gasteiger partial charge in [0.05, 0.1) is 12.6 Å². The van der Waals surface area contributed by atoms with Crippen LogP contribution in [0.3, 0.4) is 0 Å². The van der Waals surface area contributed by atoms with E-state index in [1.54, 1.807) is 23.2 Å². The zero-order valence-corrected chi connectivity index (χ0v) is 16.1. The van der Waals surface area contributed by atoms with E-state index in [4.69, 9.17) is 11.6 Å². The standard InChI is InChI=1S/C21H20ClN3O3/c22-16-4-3-14-7-9-25-18(17(14)10-16)12-24(13-21(25)28)20(27)6-5-19(26)15-2-1-8-23-11-15/h1-4,8,10-11,18H,5-7,9,12-13H2. The van der Waals surface area contributed by atoms with Crippen molar-refractivity contribution in [3.63, 3.8) is 0 Å². The summed E-state index contributed by atoms with van der Waals surface area (Å²) >= 11 is 6.16. The molecule has 3 heterocycles. The Kier molecular flexibility index (Phi) is 5.13. The number of carbonyl (C=O) groups excluding carboxylic acids is 3. The van der Waals surface area contributed by atoms with Crippen molar-refractivity contribution in [1.29, 1.82) is 0 Å². The molecule has 0 radical (unpaired) electrons. The predicted molar refractivity (Wildman–Crippen MR) is 104 cm³/mol. The Morgan fingerprint density at radius 2 is 2.07 bits per heavy atom. The predicted octanol–water partition coefficient (Wildman–Crippen LogP) is 2.67. The van der Waals surface area contributed by atoms with Gasteiger partial charge in [-0.15, -0.1) is 0 Å². The molecular weight excluding hydrogens is 378 g/mol. The second-order valence-electron chi connectivity index (χ2n) is 7.14. The van der Waals surface area contributed by atoms with E-state index in [9.17, 15) is 14.4 Å². The largest absolute Gasteiger partial charge is 0.332 e. The Morgan fingerprint density at radius 3 is 2.86 bits per heavy atom. The van der Waals surface area contributed by atoms with Gasteiger partial charge in [-0.3, -0.25) is 19.4 Å². The number of fused-ring (bicyclic) bond motifs is 3. The summed E-state index contributed by atoms with van der Waals surface area (Å²) in [5, 5.41) is 0.624. The Hall–Kier alpha value is -2.73. The average molecular weight is 398 g/mol. The number of pyridine rings is 1. The molecule has 144 valence electrons. The van der Waals surface area contributed by atoms with Crippen molar-refractivity contribution in [2.75, 3.05) is 19.6 Å². The number of amides is 2. The van der Waals surface area contributed by atoms with E-state index in [-0.39, 0.29) is 43.0 Å². The molecule has 1 atom stereocenters. The normalized spacial score (nSPS) is 18.5. The molecule has 6 nitrogen and oxygen atoms in total. The highest BCUT2D eigenvalue weighted by atomic mass is 35.5. The van der Waals surface area contributed by atoms with Crippen LogP contribution in [0.15, 0.2) is 42.7 Å². The van der Waals surface area contributed by atoms with E-state index < -0.39 is 0 Å². The van der Waals surface area contributed by atoms with E-state index in [1.165, 1.54) is 11.8 Å². The highest BCUT2D eigenvalue weighted by molar-refractivity contribution is 6.30. The van der Waals surface area contributed by atoms with Gasteiger partial charge in [0, 0.05) is 48.9 Å². The fourth-order valence-electron chi connectivity index (χ4n) is 3.93. The van der Waals surface area contributed by atoms with Crippen molar-refractivity contribution >= 4 is 29.2 Å². The lowest BCUT2D eigenvalue weighted by atomic mass is 9.90. The second-order valence-corrected chi connectivity index (χ2v) is 7.57. The topological polar surface area (TPSA) is 70.6 Å². The van der Waals surface area contributed by atoms with Crippen LogP contribution in [0.1, 0.15) is 40.4 Å². The maximum Gasteiger partial charge on any atom is 0.242 e. The first kappa shape index (κ1) is 18.6. The molecular formula is C21H20ClN3O3. The van der Waals surface area contributed by atoms with Crippen molar-refractivity contribution < 1.29 is 14.4 Å². The number of hydrogen-bond acceptors (Lipinski definition) is 4. The minimum atomic E-state index is -0.181. The summed E-state index contributed by atoms with van der Waals surface area (Å²) in [6.45, 7) is 1.14. The zero-order valence-electron chi connectivity index (χ0n) is 15.3. The molecule has 4 rings (SSSR count). The number of benzene rings is 1. The van der Waals surface area contributed by atoms with Crippen LogP contribution in [0.2, 0.25) is 5.02 Å². The summed E-state index contributed by atoms with van der Waals surface area (Å²) in [5.41, 5.74) is 2.67. The molecule has 0 N–H and O–H groups in total. The zero-order chi connectivity index (χ0) is 19.7. The van der Waals surface area contributed by atoms with Crippen LogP contribution in [0.4, 0.5) is 0 Å². The quantitative estimate of drug-likeness (QED) is 0.744. The van der Waals surface area contributed by atoms with Gasteiger partial charge in [0.15, 0.2) is 5.78 Å². The van der Waals surface area contributed by atoms with E-state index in [1.807, 2.05) is 23.1 Å². The third-order valence-corrected chi connectivity index (χ3v) is 5.64. The number of ketones is 1. The van der Waals surface area contributed by atoms with Crippen LogP contribution in [-0.2, 0) is 16.0 Å². The van der Waals surface area contributed by atoms with E-state index in [2.05, 4.69) is 4.98 Å². The molecule has 1 fully saturated rings. The summed E-state index contributed by atoms with van der Waals surface area (Å²) in [6.07, 6.45) is 4.07. The highest BCUT2D eigenvalue weighted by Crippen LogP contribution is 2.34. The molecule has 2 amide bonds. The molecule has 0 saturated carbocycles. The maximum absolute atomic E-state index is 12.7. The molecule has 28 heavy (non-hydrogen) atoms. The van der Waals surface area contributed by atoms with Crippen LogP contribution in [0.25, 0.3) is 0 Å². The lowest BCUT2D eigenvalue weighted by Crippen LogP contribution is -2.55. The van der Waals surface area contributed by atoms with Gasteiger partial charge in [-0.05, 0) is 41.8 Å². The van der Waals surface area contributed by atoms with Gasteiger partial charge in [0.25, 0.3) is 0 Å². The Labute approximate surface area is 168 Å². The molecule has 7 heteroatoms. The van der Waals surface area contributed by atoms with E-state index >= 15 is 0 Å². The van der Waals surface area contributed by atoms with Gasteiger partial charge in [-0.1, -0.05) is 17.7 Å². The van der Waals surface area contributed by atoms with Gasteiger partial charge < -0.3 is 9.80 Å². The molecule has 0 bridgehead atoms. The first-order valence-electron chi connectivity index (χ1n) is 9.32. The number of nitrogens with zero attached hydrogens (tertiary/aromatic N) is 3. The van der Waals surface area contributed by atoms with Crippen molar-refractivity contribution in [2.45, 2.75) is 25.3 Å². The number of aromatic nitrogens is 1. The molecule has 1 aromatic carbocycles. The van der Waals surface area contributed by atoms with E-state index in [0.717, 1.165) is 12.0 Å². The highest BCUT2D eigenvalue weighted by Gasteiger charge is 2.38. The van der Waals surface area contributed by atoms with E-state index in [0.29, 0.717) is 23.7 Å². The number of carbonyl (C=O) groups is 3. The lowest BCUT2D eigenvalue weighted by Gasteiger charge is -2.44. The van der Waals surface area contributed by atoms with Crippen LogP contribution < -0.4 is 0 Å². The molecule has 1 saturated heterocycles. The third-order valence-electron chi connectivity index (χ3n) is 5.41. The molecule has 0 spiro atoms. The van der Waals surface area contributed by atoms with Crippen LogP contribution in [-0.4, -0.2) is 52.0 Å². The summed E-state index contributed by atoms with van der Waals surface area (Å²) in [7, 11) is 0. The van der Waals surface area contributed by atoms with Gasteiger partial charge in [0.1, 0.15) is 0 Å². The van der Waals surface area contributed by atoms with Crippen LogP contribution in [0, 0.1) is 0 Å². The molecule has 2 aromatic rings. The number of rotatable bonds is 4. The number of halogens is 1. The number of piperazine rings is 1. The van der Waals surface area contributed by atoms with Crippen molar-refractivity contribution in [3.8, 4) is 0 Å². The van der Waals surface area contributed by atoms with Gasteiger partial charge in [-0.25, -0.2) is 0 Å². The first-order valence-corrected chi connectivity index (χ1v) is 9.69. The Bertz CT molecular complexity index is 932. The smallest absolute Gasteiger partial charge is 0.242 e. The van der Waals surface area contributed by atoms with Crippen LogP contribution in [0.5, 0.6) is 0 Å². The SMILES string of the molecule is O=C(CCC(=O)N1CC(=O)N2CCc3ccc(Cl)cc3C2C1)c1cccnc1. The third kappa shape index (κ3) is 3.64. The second kappa shape index (κ2) is 7.72. The Balaban J connectivity index is 1.45. The lowest BCUT2D eigenvalue weighted by molar-refractivity contribution is -0.149. The minimum Gasteiger partial charge on any atom is -0.332 e. The van der Waals surface area contributed by atoms with Crippen molar-refractivity contribution in [3.05, 3.63) is 64.4 Å². The molecule has 0 aliphatic carbocycles. The van der Waals surface area contributed by atoms with Crippen molar-refractivity contribution in [1.82, 2.24) is 14.8 Å². The summed E-state index contributed by atoms with van der Waals surface area (Å²) in [6, 6.07) is 8.94. The first-order chi connectivity index (χ1) is 13.5. The minimum absolute atomic E-state index is 0.0613. The van der Waals surface area contributed by atoms with Crippen molar-refractivity contribution in [2.24, 2.45) is 0 Å². The number of hydrogen-bond donors (Lipinski definition) is 0. The van der Waals surface area contributed by atoms with Gasteiger partial charge in [0.2, 0.25) is 11.8 Å².